The Kier molecular flexibility index (Phi) is 8.53. The maximum atomic E-state index is 6.15. The lowest BCUT2D eigenvalue weighted by Crippen LogP contribution is -1.99. The number of hydrogen-bond acceptors (Lipinski definition) is 4. The first-order valence-electron chi connectivity index (χ1n) is 10.8. The minimum atomic E-state index is 0. The van der Waals surface area contributed by atoms with Crippen molar-refractivity contribution in [2.24, 2.45) is 0 Å². The lowest BCUT2D eigenvalue weighted by Gasteiger charge is -2.18. The van der Waals surface area contributed by atoms with Crippen molar-refractivity contribution in [3.05, 3.63) is 133 Å². The smallest absolute Gasteiger partial charge is 0.130 e. The molecule has 0 saturated carbocycles. The van der Waals surface area contributed by atoms with E-state index in [1.165, 1.54) is 15.4 Å². The largest absolute Gasteiger partial charge is 0.487 e. The number of benzene rings is 4. The highest BCUT2D eigenvalue weighted by Gasteiger charge is 2.16. The van der Waals surface area contributed by atoms with Crippen LogP contribution in [0.15, 0.2) is 131 Å². The van der Waals surface area contributed by atoms with Gasteiger partial charge in [-0.15, -0.1) is 35.9 Å². The van der Waals surface area contributed by atoms with E-state index in [4.69, 9.17) is 9.72 Å². The molecule has 5 rings (SSSR count). The van der Waals surface area contributed by atoms with Crippen LogP contribution in [0.5, 0.6) is 5.75 Å². The van der Waals surface area contributed by atoms with Gasteiger partial charge in [-0.3, -0.25) is 0 Å². The van der Waals surface area contributed by atoms with Gasteiger partial charge < -0.3 is 4.74 Å². The van der Waals surface area contributed by atoms with Crippen molar-refractivity contribution in [1.29, 1.82) is 0 Å². The molecule has 0 amide bonds. The van der Waals surface area contributed by atoms with Gasteiger partial charge in [-0.1, -0.05) is 72.8 Å². The summed E-state index contributed by atoms with van der Waals surface area (Å²) in [4.78, 5) is 7.22. The molecule has 0 saturated heterocycles. The predicted octanol–water partition coefficient (Wildman–Crippen LogP) is 8.82. The van der Waals surface area contributed by atoms with Crippen LogP contribution in [-0.4, -0.2) is 4.98 Å². The fraction of sp³-hybridized carbons (Fsp3) is 0.0690. The Bertz CT molecular complexity index is 1290. The minimum absolute atomic E-state index is 0. The van der Waals surface area contributed by atoms with Crippen molar-refractivity contribution in [2.45, 2.75) is 21.0 Å². The summed E-state index contributed by atoms with van der Waals surface area (Å²) in [7, 11) is 0. The maximum absolute atomic E-state index is 6.15. The Morgan fingerprint density at radius 3 is 2.00 bits per heavy atom. The molecule has 0 atom stereocenters. The first-order valence-corrected chi connectivity index (χ1v) is 12.6. The number of nitrogens with zero attached hydrogens (tertiary/aromatic N) is 1. The van der Waals surface area contributed by atoms with Crippen molar-refractivity contribution in [1.82, 2.24) is 4.98 Å². The Morgan fingerprint density at radius 1 is 0.647 bits per heavy atom. The molecular formula is C29H24ClNOS2. The zero-order chi connectivity index (χ0) is 22.3. The second-order valence-electron chi connectivity index (χ2n) is 7.55. The molecule has 1 heterocycles. The summed E-state index contributed by atoms with van der Waals surface area (Å²) < 4.78 is 6.36. The molecule has 1 aromatic heterocycles. The Morgan fingerprint density at radius 2 is 1.29 bits per heavy atom. The zero-order valence-electron chi connectivity index (χ0n) is 18.4. The lowest BCUT2D eigenvalue weighted by molar-refractivity contribution is 0.301. The van der Waals surface area contributed by atoms with Crippen LogP contribution >= 0.6 is 35.9 Å². The highest BCUT2D eigenvalue weighted by Crippen LogP contribution is 2.47. The van der Waals surface area contributed by atoms with E-state index < -0.39 is 0 Å². The minimum Gasteiger partial charge on any atom is -0.487 e. The van der Waals surface area contributed by atoms with Gasteiger partial charge in [-0.25, -0.2) is 4.98 Å². The lowest BCUT2D eigenvalue weighted by atomic mass is 10.2. The zero-order valence-corrected chi connectivity index (χ0v) is 20.9. The molecule has 0 radical (unpaired) electrons. The molecule has 2 nitrogen and oxygen atoms in total. The number of hydrogen-bond donors (Lipinski definition) is 0. The fourth-order valence-electron chi connectivity index (χ4n) is 3.50. The van der Waals surface area contributed by atoms with E-state index in [0.29, 0.717) is 6.61 Å². The summed E-state index contributed by atoms with van der Waals surface area (Å²) in [5, 5.41) is 1.14. The standard InChI is InChI=1S/C29H23NOS2.ClH/c1-3-13-26(14-4-1)32-29(33-27-15-5-2-6-16-27)23-11-9-12-25(20-23)31-21-24-19-18-22-10-7-8-17-28(22)30-24;/h1-20,29H,21H2;1H. The van der Waals surface area contributed by atoms with Gasteiger partial charge in [0.25, 0.3) is 0 Å². The summed E-state index contributed by atoms with van der Waals surface area (Å²) in [5.41, 5.74) is 3.14. The highest BCUT2D eigenvalue weighted by molar-refractivity contribution is 8.16. The van der Waals surface area contributed by atoms with Gasteiger partial charge in [-0.05, 0) is 54.1 Å². The molecule has 0 spiro atoms. The number of rotatable bonds is 8. The number of aromatic nitrogens is 1. The average molecular weight is 502 g/mol. The van der Waals surface area contributed by atoms with Crippen LogP contribution in [0, 0.1) is 0 Å². The van der Waals surface area contributed by atoms with Crippen LogP contribution in [0.4, 0.5) is 0 Å². The van der Waals surface area contributed by atoms with Gasteiger partial charge >= 0.3 is 0 Å². The number of ether oxygens (including phenoxy) is 1. The SMILES string of the molecule is Cl.c1ccc(SC(Sc2ccccc2)c2cccc(OCc3ccc4ccccc4n3)c2)cc1. The van der Waals surface area contributed by atoms with E-state index in [9.17, 15) is 0 Å². The summed E-state index contributed by atoms with van der Waals surface area (Å²) in [6, 6.07) is 41.8. The second-order valence-corrected chi connectivity index (χ2v) is 10.2. The number of pyridine rings is 1. The van der Waals surface area contributed by atoms with Crippen LogP contribution in [-0.2, 0) is 6.61 Å². The van der Waals surface area contributed by atoms with Crippen LogP contribution in [0.2, 0.25) is 0 Å². The molecule has 0 N–H and O–H groups in total. The maximum Gasteiger partial charge on any atom is 0.130 e. The molecule has 0 aliphatic heterocycles. The molecule has 0 aliphatic carbocycles. The van der Waals surface area contributed by atoms with Crippen molar-refractivity contribution < 1.29 is 4.74 Å². The highest BCUT2D eigenvalue weighted by atomic mass is 35.5. The molecule has 5 heteroatoms. The monoisotopic (exact) mass is 501 g/mol. The molecule has 0 aliphatic rings. The predicted molar refractivity (Wildman–Crippen MR) is 147 cm³/mol. The third-order valence-electron chi connectivity index (χ3n) is 5.15. The molecule has 4 aromatic carbocycles. The third-order valence-corrected chi connectivity index (χ3v) is 7.78. The van der Waals surface area contributed by atoms with Gasteiger partial charge in [-0.2, -0.15) is 0 Å². The summed E-state index contributed by atoms with van der Waals surface area (Å²) in [6.07, 6.45) is 0. The topological polar surface area (TPSA) is 22.1 Å². The summed E-state index contributed by atoms with van der Waals surface area (Å²) in [6.45, 7) is 0.441. The van der Waals surface area contributed by atoms with Crippen LogP contribution in [0.25, 0.3) is 10.9 Å². The number of halogens is 1. The van der Waals surface area contributed by atoms with Gasteiger partial charge in [0, 0.05) is 15.2 Å². The Labute approximate surface area is 215 Å². The van der Waals surface area contributed by atoms with Gasteiger partial charge in [0.15, 0.2) is 0 Å². The Hall–Kier alpha value is -2.92. The third kappa shape index (κ3) is 6.35. The van der Waals surface area contributed by atoms with E-state index in [1.54, 1.807) is 0 Å². The normalized spacial score (nSPS) is 10.7. The molecule has 0 fully saturated rings. The quantitative estimate of drug-likeness (QED) is 0.156. The van der Waals surface area contributed by atoms with Gasteiger partial charge in [0.2, 0.25) is 0 Å². The van der Waals surface area contributed by atoms with Gasteiger partial charge in [0.1, 0.15) is 12.4 Å². The fourth-order valence-corrected chi connectivity index (χ4v) is 6.05. The number of thioether (sulfide) groups is 2. The first kappa shape index (κ1) is 24.2. The van der Waals surface area contributed by atoms with E-state index in [1.807, 2.05) is 53.9 Å². The van der Waals surface area contributed by atoms with Crippen molar-refractivity contribution >= 4 is 46.8 Å². The average Bonchev–Trinajstić information content (AvgIpc) is 2.88. The van der Waals surface area contributed by atoms with E-state index >= 15 is 0 Å². The van der Waals surface area contributed by atoms with Crippen molar-refractivity contribution in [3.63, 3.8) is 0 Å². The van der Waals surface area contributed by atoms with Crippen molar-refractivity contribution in [3.8, 4) is 5.75 Å². The number of fused-ring (bicyclic) bond motifs is 1. The summed E-state index contributed by atoms with van der Waals surface area (Å²) >= 11 is 3.71. The van der Waals surface area contributed by atoms with Crippen LogP contribution in [0.3, 0.4) is 0 Å². The van der Waals surface area contributed by atoms with Crippen molar-refractivity contribution in [2.75, 3.05) is 0 Å². The molecule has 34 heavy (non-hydrogen) atoms. The second kappa shape index (κ2) is 12.0. The van der Waals surface area contributed by atoms with E-state index in [2.05, 4.69) is 91.0 Å². The van der Waals surface area contributed by atoms with E-state index in [-0.39, 0.29) is 17.0 Å². The molecular weight excluding hydrogens is 478 g/mol. The van der Waals surface area contributed by atoms with Crippen LogP contribution < -0.4 is 4.74 Å². The molecule has 0 bridgehead atoms. The summed E-state index contributed by atoms with van der Waals surface area (Å²) in [5.74, 6) is 0.856. The van der Waals surface area contributed by atoms with E-state index in [0.717, 1.165) is 22.3 Å². The molecule has 5 aromatic rings. The number of para-hydroxylation sites is 1. The Balaban J connectivity index is 0.00000274. The van der Waals surface area contributed by atoms with Gasteiger partial charge in [0.05, 0.1) is 15.8 Å². The first-order chi connectivity index (χ1) is 16.3. The molecule has 170 valence electrons. The van der Waals surface area contributed by atoms with Crippen LogP contribution in [0.1, 0.15) is 15.8 Å². The molecule has 0 unspecified atom stereocenters.